The van der Waals surface area contributed by atoms with Gasteiger partial charge in [-0.3, -0.25) is 4.79 Å². The summed E-state index contributed by atoms with van der Waals surface area (Å²) in [6.07, 6.45) is 1.46. The molecule has 88 valence electrons. The topological polar surface area (TPSA) is 30.2 Å². The van der Waals surface area contributed by atoms with Crippen LogP contribution in [0.1, 0.15) is 0 Å². The molecule has 0 aliphatic heterocycles. The van der Waals surface area contributed by atoms with Crippen molar-refractivity contribution in [2.24, 2.45) is 0 Å². The highest BCUT2D eigenvalue weighted by molar-refractivity contribution is 6.33. The first-order valence-corrected chi connectivity index (χ1v) is 5.90. The zero-order valence-corrected chi connectivity index (χ0v) is 10.1. The third-order valence-electron chi connectivity index (χ3n) is 2.84. The summed E-state index contributed by atoms with van der Waals surface area (Å²) in [6.45, 7) is 0. The molecule has 0 saturated heterocycles. The molecule has 18 heavy (non-hydrogen) atoms. The van der Waals surface area contributed by atoms with Crippen LogP contribution in [-0.4, -0.2) is 0 Å². The van der Waals surface area contributed by atoms with Crippen molar-refractivity contribution in [1.29, 1.82) is 0 Å². The van der Waals surface area contributed by atoms with Gasteiger partial charge in [0.2, 0.25) is 5.43 Å². The Bertz CT molecular complexity index is 775. The zero-order valence-electron chi connectivity index (χ0n) is 9.39. The largest absolute Gasteiger partial charge is 0.463 e. The first-order valence-electron chi connectivity index (χ1n) is 5.53. The summed E-state index contributed by atoms with van der Waals surface area (Å²) in [6, 6.07) is 14.4. The summed E-state index contributed by atoms with van der Waals surface area (Å²) in [5.74, 6) is 0. The van der Waals surface area contributed by atoms with Crippen molar-refractivity contribution in [2.75, 3.05) is 0 Å². The summed E-state index contributed by atoms with van der Waals surface area (Å²) in [4.78, 5) is 12.4. The Morgan fingerprint density at radius 2 is 1.61 bits per heavy atom. The molecular formula is C15H9ClO2. The molecule has 0 N–H and O–H groups in total. The van der Waals surface area contributed by atoms with Crippen LogP contribution in [0.4, 0.5) is 0 Å². The maximum atomic E-state index is 12.4. The number of para-hydroxylation sites is 1. The van der Waals surface area contributed by atoms with Crippen molar-refractivity contribution < 1.29 is 4.42 Å². The smallest absolute Gasteiger partial charge is 0.200 e. The van der Waals surface area contributed by atoms with Crippen molar-refractivity contribution in [3.05, 3.63) is 70.0 Å². The van der Waals surface area contributed by atoms with Gasteiger partial charge in [0, 0.05) is 10.6 Å². The van der Waals surface area contributed by atoms with Crippen LogP contribution >= 0.6 is 11.6 Å². The van der Waals surface area contributed by atoms with E-state index in [1.165, 1.54) is 6.26 Å². The molecule has 0 unspecified atom stereocenters. The fraction of sp³-hybridized carbons (Fsp3) is 0. The fourth-order valence-electron chi connectivity index (χ4n) is 1.94. The van der Waals surface area contributed by atoms with E-state index in [0.29, 0.717) is 27.1 Å². The lowest BCUT2D eigenvalue weighted by atomic mass is 10.1. The monoisotopic (exact) mass is 256 g/mol. The molecule has 1 aromatic heterocycles. The fourth-order valence-corrected chi connectivity index (χ4v) is 2.18. The van der Waals surface area contributed by atoms with Crippen molar-refractivity contribution >= 4 is 22.6 Å². The van der Waals surface area contributed by atoms with Gasteiger partial charge in [-0.15, -0.1) is 0 Å². The Balaban J connectivity index is 2.35. The minimum absolute atomic E-state index is 0.0649. The van der Waals surface area contributed by atoms with Crippen LogP contribution in [0.2, 0.25) is 5.02 Å². The number of hydrogen-bond donors (Lipinski definition) is 0. The van der Waals surface area contributed by atoms with E-state index in [0.717, 1.165) is 0 Å². The Morgan fingerprint density at radius 3 is 2.44 bits per heavy atom. The van der Waals surface area contributed by atoms with Crippen LogP contribution in [0.15, 0.2) is 64.0 Å². The van der Waals surface area contributed by atoms with Crippen molar-refractivity contribution in [1.82, 2.24) is 0 Å². The van der Waals surface area contributed by atoms with Crippen LogP contribution in [0.3, 0.4) is 0 Å². The van der Waals surface area contributed by atoms with Gasteiger partial charge in [-0.05, 0) is 18.2 Å². The van der Waals surface area contributed by atoms with Crippen molar-refractivity contribution in [3.8, 4) is 11.1 Å². The molecule has 3 rings (SSSR count). The normalized spacial score (nSPS) is 10.7. The molecule has 0 spiro atoms. The lowest BCUT2D eigenvalue weighted by molar-refractivity contribution is 0.604. The van der Waals surface area contributed by atoms with Gasteiger partial charge < -0.3 is 4.42 Å². The average molecular weight is 257 g/mol. The molecule has 2 aromatic carbocycles. The minimum atomic E-state index is -0.0649. The predicted octanol–water partition coefficient (Wildman–Crippen LogP) is 4.11. The van der Waals surface area contributed by atoms with Gasteiger partial charge in [-0.1, -0.05) is 41.9 Å². The summed E-state index contributed by atoms with van der Waals surface area (Å²) < 4.78 is 5.47. The Morgan fingerprint density at radius 1 is 0.889 bits per heavy atom. The highest BCUT2D eigenvalue weighted by Gasteiger charge is 2.10. The second-order valence-electron chi connectivity index (χ2n) is 3.95. The second-order valence-corrected chi connectivity index (χ2v) is 4.36. The highest BCUT2D eigenvalue weighted by atomic mass is 35.5. The SMILES string of the molecule is O=c1c(-c2ccccc2Cl)coc2ccccc12. The first kappa shape index (κ1) is 11.1. The van der Waals surface area contributed by atoms with Crippen LogP contribution in [0, 0.1) is 0 Å². The first-order chi connectivity index (χ1) is 8.77. The van der Waals surface area contributed by atoms with E-state index in [4.69, 9.17) is 16.0 Å². The third-order valence-corrected chi connectivity index (χ3v) is 3.17. The summed E-state index contributed by atoms with van der Waals surface area (Å²) in [7, 11) is 0. The molecule has 1 heterocycles. The standard InChI is InChI=1S/C15H9ClO2/c16-13-7-3-1-5-10(13)12-9-18-14-8-4-2-6-11(14)15(12)17/h1-9H. The van der Waals surface area contributed by atoms with E-state index in [1.807, 2.05) is 30.3 Å². The lowest BCUT2D eigenvalue weighted by Gasteiger charge is -2.04. The average Bonchev–Trinajstić information content (AvgIpc) is 2.41. The van der Waals surface area contributed by atoms with E-state index >= 15 is 0 Å². The molecule has 0 atom stereocenters. The van der Waals surface area contributed by atoms with Crippen molar-refractivity contribution in [3.63, 3.8) is 0 Å². The van der Waals surface area contributed by atoms with Gasteiger partial charge in [0.25, 0.3) is 0 Å². The highest BCUT2D eigenvalue weighted by Crippen LogP contribution is 2.26. The summed E-state index contributed by atoms with van der Waals surface area (Å²) >= 11 is 6.10. The van der Waals surface area contributed by atoms with E-state index in [1.54, 1.807) is 18.2 Å². The quantitative estimate of drug-likeness (QED) is 0.656. The van der Waals surface area contributed by atoms with Gasteiger partial charge in [-0.2, -0.15) is 0 Å². The van der Waals surface area contributed by atoms with Gasteiger partial charge in [-0.25, -0.2) is 0 Å². The van der Waals surface area contributed by atoms with E-state index in [2.05, 4.69) is 0 Å². The molecule has 0 fully saturated rings. The van der Waals surface area contributed by atoms with Gasteiger partial charge in [0.1, 0.15) is 11.8 Å². The van der Waals surface area contributed by atoms with Crippen molar-refractivity contribution in [2.45, 2.75) is 0 Å². The number of fused-ring (bicyclic) bond motifs is 1. The molecule has 0 aliphatic carbocycles. The Labute approximate surface area is 108 Å². The second kappa shape index (κ2) is 4.31. The molecule has 3 aromatic rings. The van der Waals surface area contributed by atoms with Gasteiger partial charge in [0.05, 0.1) is 10.9 Å². The molecule has 2 nitrogen and oxygen atoms in total. The maximum absolute atomic E-state index is 12.4. The van der Waals surface area contributed by atoms with E-state index < -0.39 is 0 Å². The number of rotatable bonds is 1. The summed E-state index contributed by atoms with van der Waals surface area (Å²) in [5, 5.41) is 1.11. The molecule has 0 saturated carbocycles. The van der Waals surface area contributed by atoms with Crippen LogP contribution in [0.5, 0.6) is 0 Å². The zero-order chi connectivity index (χ0) is 12.5. The molecule has 0 bridgehead atoms. The minimum Gasteiger partial charge on any atom is -0.463 e. The van der Waals surface area contributed by atoms with Gasteiger partial charge >= 0.3 is 0 Å². The molecule has 0 radical (unpaired) electrons. The van der Waals surface area contributed by atoms with Gasteiger partial charge in [0.15, 0.2) is 0 Å². The predicted molar refractivity (Wildman–Crippen MR) is 72.9 cm³/mol. The third kappa shape index (κ3) is 1.71. The molecule has 0 aliphatic rings. The van der Waals surface area contributed by atoms with Crippen LogP contribution < -0.4 is 5.43 Å². The van der Waals surface area contributed by atoms with E-state index in [9.17, 15) is 4.79 Å². The maximum Gasteiger partial charge on any atom is 0.200 e. The molecular weight excluding hydrogens is 248 g/mol. The molecule has 0 amide bonds. The number of hydrogen-bond acceptors (Lipinski definition) is 2. The number of halogens is 1. The van der Waals surface area contributed by atoms with Crippen LogP contribution in [-0.2, 0) is 0 Å². The Kier molecular flexibility index (Phi) is 2.65. The van der Waals surface area contributed by atoms with Crippen LogP contribution in [0.25, 0.3) is 22.1 Å². The lowest BCUT2D eigenvalue weighted by Crippen LogP contribution is -2.04. The summed E-state index contributed by atoms with van der Waals surface area (Å²) in [5.41, 5.74) is 1.70. The van der Waals surface area contributed by atoms with E-state index in [-0.39, 0.29) is 5.43 Å². The Hall–Kier alpha value is -2.06. The number of benzene rings is 2. The molecule has 3 heteroatoms.